The van der Waals surface area contributed by atoms with Crippen molar-refractivity contribution in [3.8, 4) is 0 Å². The molecule has 2 heterocycles. The van der Waals surface area contributed by atoms with E-state index in [0.29, 0.717) is 5.75 Å². The van der Waals surface area contributed by atoms with Crippen molar-refractivity contribution in [2.24, 2.45) is 0 Å². The van der Waals surface area contributed by atoms with Crippen molar-refractivity contribution in [1.29, 1.82) is 0 Å². The summed E-state index contributed by atoms with van der Waals surface area (Å²) in [6.07, 6.45) is 7.33. The summed E-state index contributed by atoms with van der Waals surface area (Å²) < 4.78 is 24.4. The lowest BCUT2D eigenvalue weighted by molar-refractivity contribution is 0.452. The van der Waals surface area contributed by atoms with Crippen molar-refractivity contribution in [1.82, 2.24) is 15.3 Å². The molecule has 1 aromatic heterocycles. The van der Waals surface area contributed by atoms with Crippen LogP contribution in [0.1, 0.15) is 37.8 Å². The van der Waals surface area contributed by atoms with E-state index in [4.69, 9.17) is 0 Å². The molecule has 0 radical (unpaired) electrons. The van der Waals surface area contributed by atoms with Gasteiger partial charge in [-0.15, -0.1) is 0 Å². The second kappa shape index (κ2) is 5.75. The minimum Gasteiger partial charge on any atom is -0.309 e. The highest BCUT2D eigenvalue weighted by molar-refractivity contribution is 7.92. The fraction of sp³-hybridized carbons (Fsp3) is 0.667. The monoisotopic (exact) mass is 269 g/mol. The zero-order valence-corrected chi connectivity index (χ0v) is 11.4. The maximum absolute atomic E-state index is 12.2. The van der Waals surface area contributed by atoms with Gasteiger partial charge in [0.05, 0.1) is 17.0 Å². The molecule has 0 bridgehead atoms. The van der Waals surface area contributed by atoms with Gasteiger partial charge in [0.15, 0.2) is 9.84 Å². The molecule has 5 nitrogen and oxygen atoms in total. The maximum Gasteiger partial charge on any atom is 0.155 e. The van der Waals surface area contributed by atoms with Gasteiger partial charge in [0.2, 0.25) is 0 Å². The molecule has 2 atom stereocenters. The molecule has 0 aromatic carbocycles. The Hall–Kier alpha value is -1.01. The van der Waals surface area contributed by atoms with E-state index >= 15 is 0 Å². The zero-order chi connectivity index (χ0) is 13.0. The predicted octanol–water partition coefficient (Wildman–Crippen LogP) is 1.09. The first-order chi connectivity index (χ1) is 8.65. The van der Waals surface area contributed by atoms with Crippen LogP contribution in [0, 0.1) is 0 Å². The van der Waals surface area contributed by atoms with Gasteiger partial charge in [-0.2, -0.15) is 0 Å². The average molecular weight is 269 g/mol. The quantitative estimate of drug-likeness (QED) is 0.886. The third-order valence-corrected chi connectivity index (χ3v) is 5.65. The Balaban J connectivity index is 2.30. The van der Waals surface area contributed by atoms with E-state index in [0.717, 1.165) is 31.4 Å². The minimum absolute atomic E-state index is 0.193. The van der Waals surface area contributed by atoms with E-state index in [2.05, 4.69) is 15.3 Å². The van der Waals surface area contributed by atoms with Gasteiger partial charge < -0.3 is 5.32 Å². The van der Waals surface area contributed by atoms with Crippen LogP contribution in [0.2, 0.25) is 0 Å². The smallest absolute Gasteiger partial charge is 0.155 e. The van der Waals surface area contributed by atoms with Crippen LogP contribution in [-0.2, 0) is 9.84 Å². The first-order valence-electron chi connectivity index (χ1n) is 6.35. The molecule has 6 heteroatoms. The number of nitrogens with zero attached hydrogens (tertiary/aromatic N) is 2. The molecule has 0 spiro atoms. The average Bonchev–Trinajstić information content (AvgIpc) is 2.37. The van der Waals surface area contributed by atoms with Crippen LogP contribution in [0.25, 0.3) is 0 Å². The van der Waals surface area contributed by atoms with Crippen LogP contribution in [-0.4, -0.2) is 35.9 Å². The summed E-state index contributed by atoms with van der Waals surface area (Å²) in [5.74, 6) is 0.299. The van der Waals surface area contributed by atoms with Gasteiger partial charge in [0.1, 0.15) is 6.33 Å². The number of sulfone groups is 1. The van der Waals surface area contributed by atoms with Crippen molar-refractivity contribution in [3.63, 3.8) is 0 Å². The number of hydrogen-bond acceptors (Lipinski definition) is 5. The van der Waals surface area contributed by atoms with Crippen molar-refractivity contribution >= 4 is 9.84 Å². The van der Waals surface area contributed by atoms with Gasteiger partial charge in [-0.25, -0.2) is 18.4 Å². The Bertz CT molecular complexity index is 475. The van der Waals surface area contributed by atoms with Gasteiger partial charge in [0, 0.05) is 18.0 Å². The fourth-order valence-corrected chi connectivity index (χ4v) is 4.61. The van der Waals surface area contributed by atoms with Crippen LogP contribution in [0.4, 0.5) is 0 Å². The summed E-state index contributed by atoms with van der Waals surface area (Å²) in [5.41, 5.74) is 0.856. The second-order valence-electron chi connectivity index (χ2n) is 4.61. The van der Waals surface area contributed by atoms with Crippen LogP contribution in [0.5, 0.6) is 0 Å². The van der Waals surface area contributed by atoms with Gasteiger partial charge >= 0.3 is 0 Å². The number of rotatable bonds is 4. The van der Waals surface area contributed by atoms with Gasteiger partial charge in [-0.05, 0) is 19.4 Å². The number of aromatic nitrogens is 2. The summed E-state index contributed by atoms with van der Waals surface area (Å²) >= 11 is 0. The van der Waals surface area contributed by atoms with Crippen LogP contribution in [0.15, 0.2) is 18.7 Å². The molecule has 18 heavy (non-hydrogen) atoms. The summed E-state index contributed by atoms with van der Waals surface area (Å²) in [5, 5.41) is 2.92. The maximum atomic E-state index is 12.2. The molecule has 1 fully saturated rings. The lowest BCUT2D eigenvalue weighted by Crippen LogP contribution is -2.40. The predicted molar refractivity (Wildman–Crippen MR) is 69.9 cm³/mol. The molecule has 2 rings (SSSR count). The van der Waals surface area contributed by atoms with E-state index in [9.17, 15) is 8.42 Å². The molecule has 1 saturated heterocycles. The Kier molecular flexibility index (Phi) is 4.29. The molecule has 0 saturated carbocycles. The van der Waals surface area contributed by atoms with Crippen LogP contribution >= 0.6 is 0 Å². The number of hydrogen-bond donors (Lipinski definition) is 1. The first kappa shape index (κ1) is 13.4. The van der Waals surface area contributed by atoms with Crippen molar-refractivity contribution in [3.05, 3.63) is 24.3 Å². The summed E-state index contributed by atoms with van der Waals surface area (Å²) in [6.45, 7) is 2.71. The molecule has 1 aromatic rings. The number of nitrogens with one attached hydrogen (secondary N) is 1. The largest absolute Gasteiger partial charge is 0.309 e. The summed E-state index contributed by atoms with van der Waals surface area (Å²) in [6, 6.07) is -0.193. The standard InChI is InChI=1S/C12H19N3O2S/c1-2-15-12(10-7-13-9-14-8-10)11-5-3-4-6-18(11,16)17/h7-9,11-12,15H,2-6H2,1H3. The van der Waals surface area contributed by atoms with Gasteiger partial charge in [-0.1, -0.05) is 13.3 Å². The lowest BCUT2D eigenvalue weighted by Gasteiger charge is -2.30. The van der Waals surface area contributed by atoms with Crippen molar-refractivity contribution in [2.75, 3.05) is 12.3 Å². The normalized spacial score (nSPS) is 24.6. The molecule has 2 unspecified atom stereocenters. The van der Waals surface area contributed by atoms with Crippen LogP contribution in [0.3, 0.4) is 0 Å². The van der Waals surface area contributed by atoms with E-state index in [1.165, 1.54) is 6.33 Å². The van der Waals surface area contributed by atoms with Crippen LogP contribution < -0.4 is 5.32 Å². The molecule has 100 valence electrons. The van der Waals surface area contributed by atoms with E-state index in [-0.39, 0.29) is 11.3 Å². The fourth-order valence-electron chi connectivity index (χ4n) is 2.51. The van der Waals surface area contributed by atoms with E-state index < -0.39 is 9.84 Å². The SMILES string of the molecule is CCNC(c1cncnc1)C1CCCCS1(=O)=O. The first-order valence-corrected chi connectivity index (χ1v) is 8.06. The van der Waals surface area contributed by atoms with Crippen molar-refractivity contribution < 1.29 is 8.42 Å². The molecule has 1 aliphatic rings. The Morgan fingerprint density at radius 3 is 2.72 bits per heavy atom. The topological polar surface area (TPSA) is 72.0 Å². The van der Waals surface area contributed by atoms with E-state index in [1.807, 2.05) is 6.92 Å². The highest BCUT2D eigenvalue weighted by Crippen LogP contribution is 2.30. The molecule has 1 aliphatic heterocycles. The second-order valence-corrected chi connectivity index (χ2v) is 6.95. The third kappa shape index (κ3) is 2.87. The molecular weight excluding hydrogens is 250 g/mol. The summed E-state index contributed by atoms with van der Waals surface area (Å²) in [7, 11) is -3.01. The highest BCUT2D eigenvalue weighted by atomic mass is 32.2. The minimum atomic E-state index is -3.01. The molecule has 0 aliphatic carbocycles. The lowest BCUT2D eigenvalue weighted by atomic mass is 10.0. The Labute approximate surface area is 108 Å². The summed E-state index contributed by atoms with van der Waals surface area (Å²) in [4.78, 5) is 7.97. The zero-order valence-electron chi connectivity index (χ0n) is 10.5. The third-order valence-electron chi connectivity index (χ3n) is 3.36. The van der Waals surface area contributed by atoms with Gasteiger partial charge in [0.25, 0.3) is 0 Å². The van der Waals surface area contributed by atoms with E-state index in [1.54, 1.807) is 12.4 Å². The van der Waals surface area contributed by atoms with Gasteiger partial charge in [-0.3, -0.25) is 0 Å². The van der Waals surface area contributed by atoms with Crippen molar-refractivity contribution in [2.45, 2.75) is 37.5 Å². The Morgan fingerprint density at radius 1 is 1.39 bits per heavy atom. The molecular formula is C12H19N3O2S. The Morgan fingerprint density at radius 2 is 2.11 bits per heavy atom. The molecule has 0 amide bonds. The highest BCUT2D eigenvalue weighted by Gasteiger charge is 2.36. The molecule has 1 N–H and O–H groups in total.